The average Bonchev–Trinajstić information content (AvgIpc) is 2.81. The summed E-state index contributed by atoms with van der Waals surface area (Å²) in [5, 5.41) is 0.000626. The van der Waals surface area contributed by atoms with Gasteiger partial charge in [-0.25, -0.2) is 9.97 Å². The lowest BCUT2D eigenvalue weighted by molar-refractivity contribution is 0.817. The first-order valence-corrected chi connectivity index (χ1v) is 5.50. The molecule has 0 N–H and O–H groups in total. The van der Waals surface area contributed by atoms with Gasteiger partial charge in [-0.3, -0.25) is 0 Å². The number of aromatic nitrogens is 2. The van der Waals surface area contributed by atoms with Crippen LogP contribution in [-0.2, 0) is 0 Å². The molecule has 0 saturated heterocycles. The van der Waals surface area contributed by atoms with Gasteiger partial charge in [0.25, 0.3) is 0 Å². The molecule has 2 rings (SSSR count). The molecule has 0 spiro atoms. The molecule has 0 aromatic carbocycles. The Morgan fingerprint density at radius 1 is 1.57 bits per heavy atom. The predicted molar refractivity (Wildman–Crippen MR) is 57.6 cm³/mol. The average molecular weight is 211 g/mol. The van der Waals surface area contributed by atoms with Crippen LogP contribution in [0.3, 0.4) is 0 Å². The molecule has 1 saturated carbocycles. The molecule has 76 valence electrons. The summed E-state index contributed by atoms with van der Waals surface area (Å²) in [6, 6.07) is 0. The number of rotatable bonds is 2. The van der Waals surface area contributed by atoms with Crippen molar-refractivity contribution in [2.45, 2.75) is 38.5 Å². The van der Waals surface area contributed by atoms with Gasteiger partial charge in [0.2, 0.25) is 0 Å². The maximum absolute atomic E-state index is 6.00. The van der Waals surface area contributed by atoms with Crippen LogP contribution in [0, 0.1) is 12.8 Å². The zero-order valence-electron chi connectivity index (χ0n) is 8.79. The van der Waals surface area contributed by atoms with Crippen molar-refractivity contribution in [3.05, 3.63) is 23.3 Å². The molecule has 1 aliphatic rings. The number of aryl methyl sites for hydroxylation is 1. The third kappa shape index (κ3) is 1.76. The minimum Gasteiger partial charge on any atom is -0.241 e. The highest BCUT2D eigenvalue weighted by Crippen LogP contribution is 2.45. The third-order valence-electron chi connectivity index (χ3n) is 2.91. The number of nitrogens with zero attached hydrogens (tertiary/aromatic N) is 2. The molecule has 0 aliphatic heterocycles. The van der Waals surface area contributed by atoms with Crippen molar-refractivity contribution in [1.82, 2.24) is 9.97 Å². The first-order valence-electron chi connectivity index (χ1n) is 5.07. The molecule has 14 heavy (non-hydrogen) atoms. The second-order valence-electron chi connectivity index (χ2n) is 4.20. The zero-order valence-corrected chi connectivity index (χ0v) is 9.54. The van der Waals surface area contributed by atoms with Crippen LogP contribution < -0.4 is 0 Å². The summed E-state index contributed by atoms with van der Waals surface area (Å²) in [5.41, 5.74) is 2.07. The first kappa shape index (κ1) is 9.91. The Hall–Kier alpha value is -0.630. The number of alkyl halides is 1. The first-order chi connectivity index (χ1) is 6.59. The fourth-order valence-electron chi connectivity index (χ4n) is 1.75. The fraction of sp³-hybridized carbons (Fsp3) is 0.636. The molecule has 0 radical (unpaired) electrons. The van der Waals surface area contributed by atoms with Gasteiger partial charge in [0, 0.05) is 23.4 Å². The molecule has 1 aliphatic carbocycles. The van der Waals surface area contributed by atoms with Crippen molar-refractivity contribution in [2.24, 2.45) is 5.92 Å². The molecular formula is C11H15ClN2. The summed E-state index contributed by atoms with van der Waals surface area (Å²) in [5.74, 6) is 2.35. The fourth-order valence-corrected chi connectivity index (χ4v) is 1.96. The highest BCUT2D eigenvalue weighted by atomic mass is 35.5. The minimum absolute atomic E-state index is 0.000626. The third-order valence-corrected chi connectivity index (χ3v) is 3.14. The van der Waals surface area contributed by atoms with Crippen LogP contribution in [0.15, 0.2) is 6.20 Å². The van der Waals surface area contributed by atoms with Gasteiger partial charge < -0.3 is 0 Å². The van der Waals surface area contributed by atoms with Crippen molar-refractivity contribution >= 4 is 11.6 Å². The van der Waals surface area contributed by atoms with Crippen molar-refractivity contribution < 1.29 is 0 Å². The Kier molecular flexibility index (Phi) is 2.48. The molecule has 2 nitrogen and oxygen atoms in total. The van der Waals surface area contributed by atoms with Crippen LogP contribution in [0.2, 0.25) is 0 Å². The van der Waals surface area contributed by atoms with E-state index in [0.717, 1.165) is 23.0 Å². The molecule has 1 heterocycles. The van der Waals surface area contributed by atoms with Crippen LogP contribution >= 0.6 is 11.6 Å². The van der Waals surface area contributed by atoms with Gasteiger partial charge in [-0.15, -0.1) is 11.6 Å². The van der Waals surface area contributed by atoms with Gasteiger partial charge >= 0.3 is 0 Å². The van der Waals surface area contributed by atoms with Crippen LogP contribution in [-0.4, -0.2) is 9.97 Å². The molecule has 1 aromatic rings. The monoisotopic (exact) mass is 210 g/mol. The molecule has 1 fully saturated rings. The SMILES string of the molecule is Cc1nc(C2CC2C)ncc1C(C)Cl. The summed E-state index contributed by atoms with van der Waals surface area (Å²) < 4.78 is 0. The van der Waals surface area contributed by atoms with Gasteiger partial charge in [-0.1, -0.05) is 6.92 Å². The Balaban J connectivity index is 2.27. The second kappa shape index (κ2) is 3.50. The largest absolute Gasteiger partial charge is 0.241 e. The van der Waals surface area contributed by atoms with E-state index in [9.17, 15) is 0 Å². The predicted octanol–water partition coefficient (Wildman–Crippen LogP) is 3.21. The maximum Gasteiger partial charge on any atom is 0.131 e. The van der Waals surface area contributed by atoms with Crippen molar-refractivity contribution in [2.75, 3.05) is 0 Å². The lowest BCUT2D eigenvalue weighted by atomic mass is 10.2. The van der Waals surface area contributed by atoms with E-state index in [0.29, 0.717) is 5.92 Å². The van der Waals surface area contributed by atoms with Gasteiger partial charge in [0.1, 0.15) is 5.82 Å². The Morgan fingerprint density at radius 3 is 2.64 bits per heavy atom. The molecule has 0 bridgehead atoms. The number of hydrogen-bond acceptors (Lipinski definition) is 2. The van der Waals surface area contributed by atoms with E-state index in [1.54, 1.807) is 0 Å². The van der Waals surface area contributed by atoms with E-state index in [2.05, 4.69) is 16.9 Å². The molecule has 3 atom stereocenters. The topological polar surface area (TPSA) is 25.8 Å². The van der Waals surface area contributed by atoms with E-state index in [1.807, 2.05) is 20.0 Å². The van der Waals surface area contributed by atoms with E-state index >= 15 is 0 Å². The van der Waals surface area contributed by atoms with Crippen LogP contribution in [0.5, 0.6) is 0 Å². The second-order valence-corrected chi connectivity index (χ2v) is 4.86. The highest BCUT2D eigenvalue weighted by molar-refractivity contribution is 6.20. The summed E-state index contributed by atoms with van der Waals surface area (Å²) in [6.07, 6.45) is 3.11. The van der Waals surface area contributed by atoms with Crippen LogP contribution in [0.1, 0.15) is 48.6 Å². The number of hydrogen-bond donors (Lipinski definition) is 0. The lowest BCUT2D eigenvalue weighted by Gasteiger charge is -2.07. The quantitative estimate of drug-likeness (QED) is 0.701. The van der Waals surface area contributed by atoms with Crippen molar-refractivity contribution in [3.8, 4) is 0 Å². The highest BCUT2D eigenvalue weighted by Gasteiger charge is 2.36. The lowest BCUT2D eigenvalue weighted by Crippen LogP contribution is -2.00. The molecule has 0 amide bonds. The van der Waals surface area contributed by atoms with E-state index in [-0.39, 0.29) is 5.38 Å². The maximum atomic E-state index is 6.00. The van der Waals surface area contributed by atoms with Crippen LogP contribution in [0.25, 0.3) is 0 Å². The standard InChI is InChI=1S/C11H15ClN2/c1-6-4-9(6)11-13-5-10(7(2)12)8(3)14-11/h5-7,9H,4H2,1-3H3. The molecule has 3 unspecified atom stereocenters. The van der Waals surface area contributed by atoms with Gasteiger partial charge in [0.15, 0.2) is 0 Å². The molecule has 1 aromatic heterocycles. The van der Waals surface area contributed by atoms with Crippen LogP contribution in [0.4, 0.5) is 0 Å². The Morgan fingerprint density at radius 2 is 2.21 bits per heavy atom. The number of halogens is 1. The Labute approximate surface area is 89.7 Å². The summed E-state index contributed by atoms with van der Waals surface area (Å²) in [4.78, 5) is 8.89. The van der Waals surface area contributed by atoms with Crippen molar-refractivity contribution in [3.63, 3.8) is 0 Å². The van der Waals surface area contributed by atoms with Gasteiger partial charge in [-0.05, 0) is 26.2 Å². The smallest absolute Gasteiger partial charge is 0.131 e. The minimum atomic E-state index is 0.000626. The van der Waals surface area contributed by atoms with E-state index in [1.165, 1.54) is 6.42 Å². The zero-order chi connectivity index (χ0) is 10.3. The van der Waals surface area contributed by atoms with Crippen molar-refractivity contribution in [1.29, 1.82) is 0 Å². The summed E-state index contributed by atoms with van der Waals surface area (Å²) in [7, 11) is 0. The summed E-state index contributed by atoms with van der Waals surface area (Å²) >= 11 is 6.00. The summed E-state index contributed by atoms with van der Waals surface area (Å²) in [6.45, 7) is 6.19. The van der Waals surface area contributed by atoms with E-state index in [4.69, 9.17) is 11.6 Å². The van der Waals surface area contributed by atoms with Gasteiger partial charge in [0.05, 0.1) is 5.38 Å². The van der Waals surface area contributed by atoms with Gasteiger partial charge in [-0.2, -0.15) is 0 Å². The molecule has 3 heteroatoms. The van der Waals surface area contributed by atoms with E-state index < -0.39 is 0 Å². The Bertz CT molecular complexity index is 349. The normalized spacial score (nSPS) is 27.4. The molecular weight excluding hydrogens is 196 g/mol.